The van der Waals surface area contributed by atoms with Crippen LogP contribution in [-0.2, 0) is 22.6 Å². The number of ether oxygens (including phenoxy) is 1. The first kappa shape index (κ1) is 19.5. The molecule has 2 N–H and O–H groups in total. The molecule has 29 heavy (non-hydrogen) atoms. The maximum Gasteiger partial charge on any atom is 0.240 e. The molecule has 2 heterocycles. The molecule has 4 rings (SSSR count). The zero-order valence-electron chi connectivity index (χ0n) is 16.7. The summed E-state index contributed by atoms with van der Waals surface area (Å²) >= 11 is 0. The number of fused-ring (bicyclic) bond motifs is 1. The number of nitrogens with one attached hydrogen (secondary N) is 2. The minimum atomic E-state index is -0.172. The molecule has 2 amide bonds. The maximum atomic E-state index is 12.9. The van der Waals surface area contributed by atoms with Gasteiger partial charge in [0.15, 0.2) is 0 Å². The van der Waals surface area contributed by atoms with Crippen LogP contribution in [0.25, 0.3) is 0 Å². The Hall–Kier alpha value is -2.86. The number of likely N-dealkylation sites (tertiary alicyclic amines) is 1. The lowest BCUT2D eigenvalue weighted by Crippen LogP contribution is -2.52. The van der Waals surface area contributed by atoms with E-state index in [-0.39, 0.29) is 23.8 Å². The molecule has 1 saturated heterocycles. The van der Waals surface area contributed by atoms with Crippen molar-refractivity contribution in [3.63, 3.8) is 0 Å². The van der Waals surface area contributed by atoms with E-state index in [0.717, 1.165) is 24.4 Å². The Morgan fingerprint density at radius 3 is 2.41 bits per heavy atom. The van der Waals surface area contributed by atoms with Crippen LogP contribution in [0.2, 0.25) is 0 Å². The number of piperidine rings is 1. The molecule has 152 valence electrons. The number of carbonyl (C=O) groups is 2. The summed E-state index contributed by atoms with van der Waals surface area (Å²) < 4.78 is 5.14. The van der Waals surface area contributed by atoms with Crippen LogP contribution >= 0.6 is 0 Å². The third-order valence-corrected chi connectivity index (χ3v) is 5.91. The van der Waals surface area contributed by atoms with Crippen molar-refractivity contribution in [2.45, 2.75) is 31.8 Å². The lowest BCUT2D eigenvalue weighted by molar-refractivity contribution is -0.136. The van der Waals surface area contributed by atoms with Crippen molar-refractivity contribution in [1.29, 1.82) is 0 Å². The van der Waals surface area contributed by atoms with Crippen LogP contribution in [0.1, 0.15) is 24.0 Å². The Kier molecular flexibility index (Phi) is 5.81. The highest BCUT2D eigenvalue weighted by atomic mass is 16.5. The molecule has 0 aliphatic carbocycles. The van der Waals surface area contributed by atoms with Crippen molar-refractivity contribution in [2.24, 2.45) is 5.92 Å². The summed E-state index contributed by atoms with van der Waals surface area (Å²) in [6.07, 6.45) is 2.11. The molecular formula is C23H27N3O3. The van der Waals surface area contributed by atoms with Crippen LogP contribution in [0.5, 0.6) is 5.75 Å². The SMILES string of the molecule is COc1ccc(NC(=O)C2CCN(C(=O)[C@@H]3Cc4ccccc4CN3)CC2)cc1. The van der Waals surface area contributed by atoms with Gasteiger partial charge in [-0.2, -0.15) is 0 Å². The fourth-order valence-electron chi connectivity index (χ4n) is 4.13. The number of carbonyl (C=O) groups excluding carboxylic acids is 2. The van der Waals surface area contributed by atoms with Crippen LogP contribution in [0.4, 0.5) is 5.69 Å². The third kappa shape index (κ3) is 4.43. The smallest absolute Gasteiger partial charge is 0.240 e. The monoisotopic (exact) mass is 393 g/mol. The molecule has 0 bridgehead atoms. The van der Waals surface area contributed by atoms with E-state index >= 15 is 0 Å². The summed E-state index contributed by atoms with van der Waals surface area (Å²) in [6.45, 7) is 1.98. The van der Waals surface area contributed by atoms with Crippen LogP contribution in [0.15, 0.2) is 48.5 Å². The number of hydrogen-bond acceptors (Lipinski definition) is 4. The Balaban J connectivity index is 1.28. The number of methoxy groups -OCH3 is 1. The highest BCUT2D eigenvalue weighted by Crippen LogP contribution is 2.23. The first-order valence-electron chi connectivity index (χ1n) is 10.2. The van der Waals surface area contributed by atoms with Crippen LogP contribution in [0, 0.1) is 5.92 Å². The fraction of sp³-hybridized carbons (Fsp3) is 0.391. The summed E-state index contributed by atoms with van der Waals surface area (Å²) in [5.41, 5.74) is 3.28. The van der Waals surface area contributed by atoms with Crippen molar-refractivity contribution in [2.75, 3.05) is 25.5 Å². The van der Waals surface area contributed by atoms with Gasteiger partial charge in [0.2, 0.25) is 11.8 Å². The van der Waals surface area contributed by atoms with E-state index in [2.05, 4.69) is 22.8 Å². The Morgan fingerprint density at radius 2 is 1.72 bits per heavy atom. The van der Waals surface area contributed by atoms with E-state index < -0.39 is 0 Å². The molecule has 2 aromatic carbocycles. The normalized spacial score (nSPS) is 19.3. The molecule has 1 atom stereocenters. The van der Waals surface area contributed by atoms with Crippen molar-refractivity contribution >= 4 is 17.5 Å². The third-order valence-electron chi connectivity index (χ3n) is 5.91. The molecule has 2 aromatic rings. The van der Waals surface area contributed by atoms with E-state index in [0.29, 0.717) is 25.9 Å². The first-order chi connectivity index (χ1) is 14.1. The van der Waals surface area contributed by atoms with Gasteiger partial charge in [-0.15, -0.1) is 0 Å². The Morgan fingerprint density at radius 1 is 1.03 bits per heavy atom. The van der Waals surface area contributed by atoms with Gasteiger partial charge in [0.25, 0.3) is 0 Å². The van der Waals surface area contributed by atoms with E-state index in [1.54, 1.807) is 7.11 Å². The largest absolute Gasteiger partial charge is 0.497 e. The van der Waals surface area contributed by atoms with Crippen LogP contribution in [0.3, 0.4) is 0 Å². The highest BCUT2D eigenvalue weighted by molar-refractivity contribution is 5.93. The number of hydrogen-bond donors (Lipinski definition) is 2. The molecular weight excluding hydrogens is 366 g/mol. The number of nitrogens with zero attached hydrogens (tertiary/aromatic N) is 1. The lowest BCUT2D eigenvalue weighted by atomic mass is 9.92. The fourth-order valence-corrected chi connectivity index (χ4v) is 4.13. The number of benzene rings is 2. The lowest BCUT2D eigenvalue weighted by Gasteiger charge is -2.35. The molecule has 6 nitrogen and oxygen atoms in total. The average molecular weight is 393 g/mol. The molecule has 0 saturated carbocycles. The zero-order chi connectivity index (χ0) is 20.2. The van der Waals surface area contributed by atoms with Crippen LogP contribution in [-0.4, -0.2) is 43.0 Å². The molecule has 2 aliphatic heterocycles. The second-order valence-electron chi connectivity index (χ2n) is 7.72. The molecule has 0 spiro atoms. The van der Waals surface area contributed by atoms with Gasteiger partial charge in [-0.3, -0.25) is 9.59 Å². The van der Waals surface area contributed by atoms with Crippen LogP contribution < -0.4 is 15.4 Å². The maximum absolute atomic E-state index is 12.9. The number of rotatable bonds is 4. The number of anilines is 1. The van der Waals surface area contributed by atoms with Gasteiger partial charge in [-0.1, -0.05) is 24.3 Å². The Labute approximate surface area is 171 Å². The Bertz CT molecular complexity index is 873. The average Bonchev–Trinajstić information content (AvgIpc) is 2.79. The standard InChI is InChI=1S/C23H27N3O3/c1-29-20-8-6-19(7-9-20)25-22(27)16-10-12-26(13-11-16)23(28)21-14-17-4-2-3-5-18(17)15-24-21/h2-9,16,21,24H,10-15H2,1H3,(H,25,27)/t21-/m0/s1. The summed E-state index contributed by atoms with van der Waals surface area (Å²) in [6, 6.07) is 15.4. The molecule has 0 unspecified atom stereocenters. The number of amides is 2. The van der Waals surface area contributed by atoms with Gasteiger partial charge in [0, 0.05) is 31.2 Å². The summed E-state index contributed by atoms with van der Waals surface area (Å²) in [5, 5.41) is 6.34. The molecule has 0 radical (unpaired) electrons. The summed E-state index contributed by atoms with van der Waals surface area (Å²) in [7, 11) is 1.62. The van der Waals surface area contributed by atoms with E-state index in [1.807, 2.05) is 41.3 Å². The van der Waals surface area contributed by atoms with Crippen molar-refractivity contribution in [1.82, 2.24) is 10.2 Å². The van der Waals surface area contributed by atoms with Crippen molar-refractivity contribution < 1.29 is 14.3 Å². The van der Waals surface area contributed by atoms with Crippen molar-refractivity contribution in [3.05, 3.63) is 59.7 Å². The second kappa shape index (κ2) is 8.66. The minimum absolute atomic E-state index is 0.0204. The van der Waals surface area contributed by atoms with E-state index in [9.17, 15) is 9.59 Å². The van der Waals surface area contributed by atoms with Gasteiger partial charge in [0.1, 0.15) is 5.75 Å². The van der Waals surface area contributed by atoms with Gasteiger partial charge in [-0.05, 0) is 54.7 Å². The minimum Gasteiger partial charge on any atom is -0.497 e. The topological polar surface area (TPSA) is 70.7 Å². The van der Waals surface area contributed by atoms with E-state index in [4.69, 9.17) is 4.74 Å². The molecule has 1 fully saturated rings. The first-order valence-corrected chi connectivity index (χ1v) is 10.2. The predicted molar refractivity (Wildman–Crippen MR) is 112 cm³/mol. The summed E-state index contributed by atoms with van der Waals surface area (Å²) in [5.74, 6) is 0.857. The second-order valence-corrected chi connectivity index (χ2v) is 7.72. The molecule has 0 aromatic heterocycles. The van der Waals surface area contributed by atoms with Gasteiger partial charge in [-0.25, -0.2) is 0 Å². The van der Waals surface area contributed by atoms with Gasteiger partial charge in [0.05, 0.1) is 13.2 Å². The highest BCUT2D eigenvalue weighted by Gasteiger charge is 2.32. The predicted octanol–water partition coefficient (Wildman–Crippen LogP) is 2.59. The molecule has 6 heteroatoms. The van der Waals surface area contributed by atoms with E-state index in [1.165, 1.54) is 11.1 Å². The van der Waals surface area contributed by atoms with Gasteiger partial charge >= 0.3 is 0 Å². The quantitative estimate of drug-likeness (QED) is 0.838. The summed E-state index contributed by atoms with van der Waals surface area (Å²) in [4.78, 5) is 27.4. The van der Waals surface area contributed by atoms with Gasteiger partial charge < -0.3 is 20.3 Å². The van der Waals surface area contributed by atoms with Crippen molar-refractivity contribution in [3.8, 4) is 5.75 Å². The zero-order valence-corrected chi connectivity index (χ0v) is 16.7. The molecule has 2 aliphatic rings.